The Labute approximate surface area is 117 Å². The smallest absolute Gasteiger partial charge is 0.450 e. The molecule has 9 heteroatoms. The molecule has 20 heavy (non-hydrogen) atoms. The molecule has 0 unspecified atom stereocenters. The Morgan fingerprint density at radius 3 is 3.05 bits per heavy atom. The first-order valence-corrected chi connectivity index (χ1v) is 6.16. The van der Waals surface area contributed by atoms with Crippen molar-refractivity contribution in [1.29, 1.82) is 0 Å². The summed E-state index contributed by atoms with van der Waals surface area (Å²) in [7, 11) is 0. The van der Waals surface area contributed by atoms with E-state index in [0.717, 1.165) is 0 Å². The molecule has 0 fully saturated rings. The van der Waals surface area contributed by atoms with Crippen molar-refractivity contribution in [2.24, 2.45) is 0 Å². The summed E-state index contributed by atoms with van der Waals surface area (Å²) in [6.07, 6.45) is 3.79. The van der Waals surface area contributed by atoms with Gasteiger partial charge >= 0.3 is 6.16 Å². The number of rotatable bonds is 2. The van der Waals surface area contributed by atoms with Gasteiger partial charge in [0.15, 0.2) is 10.8 Å². The summed E-state index contributed by atoms with van der Waals surface area (Å²) in [5, 5.41) is 8.79. The standard InChI is InChI=1S/C11H10ClN5O3/c12-8-7-9(16-10(13)15-8)17(4-14-7)5-1-2-6(3-5)20-11(18)19/h1-2,4-6H,3H2,(H,18,19)(H2,13,15,16)/t5-,6+/m0/s1. The molecule has 2 atom stereocenters. The van der Waals surface area contributed by atoms with Gasteiger partial charge in [-0.15, -0.1) is 0 Å². The van der Waals surface area contributed by atoms with Crippen LogP contribution in [0, 0.1) is 0 Å². The van der Waals surface area contributed by atoms with Crippen LogP contribution in [0.3, 0.4) is 0 Å². The zero-order valence-corrected chi connectivity index (χ0v) is 10.9. The van der Waals surface area contributed by atoms with Gasteiger partial charge in [-0.05, 0) is 6.08 Å². The number of nitrogen functional groups attached to an aromatic ring is 1. The van der Waals surface area contributed by atoms with Crippen molar-refractivity contribution in [3.8, 4) is 0 Å². The maximum atomic E-state index is 10.5. The van der Waals surface area contributed by atoms with Crippen molar-refractivity contribution in [1.82, 2.24) is 19.5 Å². The monoisotopic (exact) mass is 295 g/mol. The average Bonchev–Trinajstić information content (AvgIpc) is 2.94. The van der Waals surface area contributed by atoms with E-state index in [1.54, 1.807) is 17.0 Å². The van der Waals surface area contributed by atoms with Crippen molar-refractivity contribution < 1.29 is 14.6 Å². The topological polar surface area (TPSA) is 116 Å². The molecule has 0 saturated carbocycles. The maximum absolute atomic E-state index is 10.5. The number of ether oxygens (including phenoxy) is 1. The number of hydrogen-bond donors (Lipinski definition) is 2. The summed E-state index contributed by atoms with van der Waals surface area (Å²) in [4.78, 5) is 22.6. The first kappa shape index (κ1) is 12.7. The van der Waals surface area contributed by atoms with Crippen LogP contribution in [-0.4, -0.2) is 36.9 Å². The first-order chi connectivity index (χ1) is 9.54. The molecular weight excluding hydrogens is 286 g/mol. The van der Waals surface area contributed by atoms with Crippen molar-refractivity contribution in [3.63, 3.8) is 0 Å². The van der Waals surface area contributed by atoms with Crippen LogP contribution in [0.2, 0.25) is 5.15 Å². The third-order valence-electron chi connectivity index (χ3n) is 3.03. The Balaban J connectivity index is 1.93. The number of anilines is 1. The lowest BCUT2D eigenvalue weighted by Crippen LogP contribution is -2.15. The number of nitrogens with two attached hydrogens (primary N) is 1. The zero-order chi connectivity index (χ0) is 14.3. The van der Waals surface area contributed by atoms with E-state index in [2.05, 4.69) is 15.0 Å². The molecule has 0 amide bonds. The third-order valence-corrected chi connectivity index (χ3v) is 3.29. The number of carboxylic acid groups (broad SMARTS) is 1. The maximum Gasteiger partial charge on any atom is 0.506 e. The van der Waals surface area contributed by atoms with E-state index in [1.807, 2.05) is 6.08 Å². The number of aromatic nitrogens is 4. The highest BCUT2D eigenvalue weighted by molar-refractivity contribution is 6.33. The molecule has 2 aromatic rings. The fraction of sp³-hybridized carbons (Fsp3) is 0.273. The first-order valence-electron chi connectivity index (χ1n) is 5.78. The van der Waals surface area contributed by atoms with E-state index in [1.165, 1.54) is 0 Å². The van der Waals surface area contributed by atoms with Gasteiger partial charge in [-0.25, -0.2) is 9.78 Å². The zero-order valence-electron chi connectivity index (χ0n) is 10.1. The van der Waals surface area contributed by atoms with Crippen LogP contribution < -0.4 is 5.73 Å². The van der Waals surface area contributed by atoms with Crippen LogP contribution >= 0.6 is 11.6 Å². The Bertz CT molecular complexity index is 713. The van der Waals surface area contributed by atoms with Crippen LogP contribution in [0.5, 0.6) is 0 Å². The van der Waals surface area contributed by atoms with Gasteiger partial charge in [-0.1, -0.05) is 17.7 Å². The van der Waals surface area contributed by atoms with Crippen molar-refractivity contribution >= 4 is 34.9 Å². The lowest BCUT2D eigenvalue weighted by Gasteiger charge is -2.13. The molecular formula is C11H10ClN5O3. The molecule has 104 valence electrons. The van der Waals surface area contributed by atoms with Gasteiger partial charge in [0.2, 0.25) is 5.95 Å². The van der Waals surface area contributed by atoms with E-state index in [-0.39, 0.29) is 17.1 Å². The van der Waals surface area contributed by atoms with Crippen molar-refractivity contribution in [3.05, 3.63) is 23.6 Å². The number of hydrogen-bond acceptors (Lipinski definition) is 6. The SMILES string of the molecule is Nc1nc(Cl)c2ncn([C@H]3C=C[C@@H](OC(=O)O)C3)c2n1. The number of nitrogens with zero attached hydrogens (tertiary/aromatic N) is 4. The molecule has 0 aliphatic heterocycles. The van der Waals surface area contributed by atoms with Crippen LogP contribution in [0.1, 0.15) is 12.5 Å². The van der Waals surface area contributed by atoms with E-state index in [0.29, 0.717) is 17.6 Å². The minimum absolute atomic E-state index is 0.0598. The molecule has 8 nitrogen and oxygen atoms in total. The van der Waals surface area contributed by atoms with Crippen LogP contribution in [0.4, 0.5) is 10.7 Å². The van der Waals surface area contributed by atoms with Gasteiger partial charge < -0.3 is 20.1 Å². The number of allylic oxidation sites excluding steroid dienone is 1. The minimum atomic E-state index is -1.30. The summed E-state index contributed by atoms with van der Waals surface area (Å²) in [6, 6.07) is -0.116. The predicted molar refractivity (Wildman–Crippen MR) is 70.4 cm³/mol. The van der Waals surface area contributed by atoms with E-state index in [4.69, 9.17) is 27.2 Å². The lowest BCUT2D eigenvalue weighted by atomic mass is 10.2. The normalized spacial score (nSPS) is 21.4. The van der Waals surface area contributed by atoms with E-state index in [9.17, 15) is 4.79 Å². The number of fused-ring (bicyclic) bond motifs is 1. The molecule has 1 aliphatic rings. The Morgan fingerprint density at radius 1 is 1.50 bits per heavy atom. The fourth-order valence-corrected chi connectivity index (χ4v) is 2.43. The van der Waals surface area contributed by atoms with Gasteiger partial charge in [0.25, 0.3) is 0 Å². The molecule has 2 aromatic heterocycles. The fourth-order valence-electron chi connectivity index (χ4n) is 2.21. The highest BCUT2D eigenvalue weighted by Gasteiger charge is 2.25. The second-order valence-corrected chi connectivity index (χ2v) is 4.66. The second kappa shape index (κ2) is 4.64. The average molecular weight is 296 g/mol. The van der Waals surface area contributed by atoms with Crippen molar-refractivity contribution in [2.75, 3.05) is 5.73 Å². The molecule has 2 heterocycles. The van der Waals surface area contributed by atoms with Crippen LogP contribution in [-0.2, 0) is 4.74 Å². The molecule has 3 rings (SSSR count). The molecule has 0 radical (unpaired) electrons. The largest absolute Gasteiger partial charge is 0.506 e. The molecule has 0 saturated heterocycles. The molecule has 3 N–H and O–H groups in total. The minimum Gasteiger partial charge on any atom is -0.450 e. The van der Waals surface area contributed by atoms with Gasteiger partial charge in [0.1, 0.15) is 11.6 Å². The van der Waals surface area contributed by atoms with E-state index < -0.39 is 12.3 Å². The van der Waals surface area contributed by atoms with Gasteiger partial charge in [-0.2, -0.15) is 9.97 Å². The summed E-state index contributed by atoms with van der Waals surface area (Å²) in [6.45, 7) is 0. The number of imidazole rings is 1. The summed E-state index contributed by atoms with van der Waals surface area (Å²) in [5.41, 5.74) is 6.54. The molecule has 0 aromatic carbocycles. The Morgan fingerprint density at radius 2 is 2.30 bits per heavy atom. The lowest BCUT2D eigenvalue weighted by molar-refractivity contribution is 0.0667. The van der Waals surface area contributed by atoms with Gasteiger partial charge in [0, 0.05) is 6.42 Å². The van der Waals surface area contributed by atoms with Crippen molar-refractivity contribution in [2.45, 2.75) is 18.6 Å². The highest BCUT2D eigenvalue weighted by Crippen LogP contribution is 2.29. The second-order valence-electron chi connectivity index (χ2n) is 4.31. The summed E-state index contributed by atoms with van der Waals surface area (Å²) >= 11 is 5.95. The summed E-state index contributed by atoms with van der Waals surface area (Å²) in [5.74, 6) is 0.0598. The van der Waals surface area contributed by atoms with Gasteiger partial charge in [0.05, 0.1) is 12.4 Å². The molecule has 0 bridgehead atoms. The van der Waals surface area contributed by atoms with Crippen LogP contribution in [0.25, 0.3) is 11.2 Å². The summed E-state index contributed by atoms with van der Waals surface area (Å²) < 4.78 is 6.48. The van der Waals surface area contributed by atoms with E-state index >= 15 is 0 Å². The molecule has 1 aliphatic carbocycles. The molecule has 0 spiro atoms. The highest BCUT2D eigenvalue weighted by atomic mass is 35.5. The van der Waals surface area contributed by atoms with Gasteiger partial charge in [-0.3, -0.25) is 0 Å². The van der Waals surface area contributed by atoms with Crippen LogP contribution in [0.15, 0.2) is 18.5 Å². The number of carbonyl (C=O) groups is 1. The number of halogens is 1. The predicted octanol–water partition coefficient (Wildman–Crippen LogP) is 1.63. The Hall–Kier alpha value is -2.35. The quantitative estimate of drug-likeness (QED) is 0.491. The third kappa shape index (κ3) is 2.14. The Kier molecular flexibility index (Phi) is 2.94.